The minimum Gasteiger partial charge on any atom is -0.366 e. The van der Waals surface area contributed by atoms with E-state index < -0.39 is 0 Å². The lowest BCUT2D eigenvalue weighted by Gasteiger charge is -2.36. The number of aryl methyl sites for hydroxylation is 1. The second-order valence-electron chi connectivity index (χ2n) is 7.20. The number of para-hydroxylation sites is 1. The minimum atomic E-state index is -0.230. The normalized spacial score (nSPS) is 14.2. The van der Waals surface area contributed by atoms with Crippen molar-refractivity contribution in [3.05, 3.63) is 59.4 Å². The molecule has 9 heteroatoms. The maximum atomic E-state index is 14.0. The molecular weight excluding hydrogens is 403 g/mol. The summed E-state index contributed by atoms with van der Waals surface area (Å²) in [7, 11) is 0. The van der Waals surface area contributed by atoms with E-state index in [4.69, 9.17) is 0 Å². The molecule has 1 aliphatic heterocycles. The van der Waals surface area contributed by atoms with Crippen molar-refractivity contribution in [1.29, 1.82) is 0 Å². The molecule has 7 nitrogen and oxygen atoms in total. The Kier molecular flexibility index (Phi) is 5.98. The highest BCUT2D eigenvalue weighted by molar-refractivity contribution is 7.99. The van der Waals surface area contributed by atoms with E-state index >= 15 is 0 Å². The number of nitrogens with zero attached hydrogens (tertiary/aromatic N) is 6. The van der Waals surface area contributed by atoms with Crippen LogP contribution in [0.25, 0.3) is 5.69 Å². The fraction of sp³-hybridized carbons (Fsp3) is 0.333. The smallest absolute Gasteiger partial charge is 0.233 e. The van der Waals surface area contributed by atoms with E-state index in [1.165, 1.54) is 17.8 Å². The third-order valence-electron chi connectivity index (χ3n) is 5.40. The first-order chi connectivity index (χ1) is 14.5. The van der Waals surface area contributed by atoms with Crippen LogP contribution >= 0.6 is 11.8 Å². The van der Waals surface area contributed by atoms with Crippen molar-refractivity contribution in [1.82, 2.24) is 25.1 Å². The van der Waals surface area contributed by atoms with Gasteiger partial charge in [0.15, 0.2) is 0 Å². The Hall–Kier alpha value is -2.94. The molecular formula is C21H23FN6OS. The number of tetrazole rings is 1. The molecule has 4 rings (SSSR count). The summed E-state index contributed by atoms with van der Waals surface area (Å²) in [6.45, 7) is 6.42. The van der Waals surface area contributed by atoms with E-state index in [9.17, 15) is 9.18 Å². The zero-order valence-electron chi connectivity index (χ0n) is 17.0. The molecule has 1 aliphatic rings. The Balaban J connectivity index is 1.36. The van der Waals surface area contributed by atoms with Gasteiger partial charge >= 0.3 is 0 Å². The third-order valence-corrected chi connectivity index (χ3v) is 6.30. The summed E-state index contributed by atoms with van der Waals surface area (Å²) in [5, 5.41) is 12.6. The van der Waals surface area contributed by atoms with Gasteiger partial charge in [-0.25, -0.2) is 4.39 Å². The monoisotopic (exact) mass is 426 g/mol. The van der Waals surface area contributed by atoms with Crippen LogP contribution in [0.15, 0.2) is 47.6 Å². The van der Waals surface area contributed by atoms with Crippen LogP contribution in [-0.2, 0) is 4.79 Å². The first kappa shape index (κ1) is 20.3. The number of hydrogen-bond acceptors (Lipinski definition) is 6. The van der Waals surface area contributed by atoms with Crippen molar-refractivity contribution in [2.75, 3.05) is 36.8 Å². The van der Waals surface area contributed by atoms with Gasteiger partial charge in [-0.2, -0.15) is 4.68 Å². The second kappa shape index (κ2) is 8.83. The molecule has 1 aromatic heterocycles. The minimum absolute atomic E-state index is 0.0312. The summed E-state index contributed by atoms with van der Waals surface area (Å²) in [6, 6.07) is 12.7. The zero-order valence-corrected chi connectivity index (χ0v) is 17.8. The van der Waals surface area contributed by atoms with Crippen molar-refractivity contribution in [2.45, 2.75) is 19.0 Å². The quantitative estimate of drug-likeness (QED) is 0.585. The highest BCUT2D eigenvalue weighted by Gasteiger charge is 2.23. The topological polar surface area (TPSA) is 67.2 Å². The van der Waals surface area contributed by atoms with Gasteiger partial charge in [-0.05, 0) is 53.6 Å². The molecule has 0 N–H and O–H groups in total. The third kappa shape index (κ3) is 4.16. The molecule has 2 heterocycles. The van der Waals surface area contributed by atoms with Crippen LogP contribution in [0.2, 0.25) is 0 Å². The molecule has 0 bridgehead atoms. The average molecular weight is 427 g/mol. The second-order valence-corrected chi connectivity index (χ2v) is 8.14. The van der Waals surface area contributed by atoms with Crippen LogP contribution in [0.3, 0.4) is 0 Å². The zero-order chi connectivity index (χ0) is 21.1. The average Bonchev–Trinajstić information content (AvgIpc) is 3.23. The van der Waals surface area contributed by atoms with Crippen LogP contribution in [0.1, 0.15) is 11.1 Å². The predicted octanol–water partition coefficient (Wildman–Crippen LogP) is 2.86. The van der Waals surface area contributed by atoms with Gasteiger partial charge in [0.05, 0.1) is 17.1 Å². The van der Waals surface area contributed by atoms with E-state index in [1.807, 2.05) is 47.9 Å². The van der Waals surface area contributed by atoms with Crippen LogP contribution in [0.4, 0.5) is 10.1 Å². The van der Waals surface area contributed by atoms with Crippen LogP contribution in [-0.4, -0.2) is 62.9 Å². The maximum absolute atomic E-state index is 14.0. The van der Waals surface area contributed by atoms with E-state index in [0.29, 0.717) is 37.0 Å². The van der Waals surface area contributed by atoms with Crippen molar-refractivity contribution < 1.29 is 9.18 Å². The lowest BCUT2D eigenvalue weighted by Crippen LogP contribution is -2.49. The molecule has 0 atom stereocenters. The SMILES string of the molecule is Cc1cccc(-n2nnnc2SCC(=O)N2CCN(c3ccccc3F)CC2)c1C. The Morgan fingerprint density at radius 1 is 1.03 bits per heavy atom. The number of thioether (sulfide) groups is 1. The highest BCUT2D eigenvalue weighted by Crippen LogP contribution is 2.24. The fourth-order valence-corrected chi connectivity index (χ4v) is 4.29. The molecule has 1 saturated heterocycles. The Morgan fingerprint density at radius 3 is 2.53 bits per heavy atom. The van der Waals surface area contributed by atoms with Gasteiger partial charge in [0.1, 0.15) is 5.82 Å². The number of amides is 1. The summed E-state index contributed by atoms with van der Waals surface area (Å²) in [6.07, 6.45) is 0. The van der Waals surface area contributed by atoms with Gasteiger partial charge in [0.2, 0.25) is 11.1 Å². The first-order valence-corrected chi connectivity index (χ1v) is 10.8. The predicted molar refractivity (Wildman–Crippen MR) is 115 cm³/mol. The summed E-state index contributed by atoms with van der Waals surface area (Å²) in [5.74, 6) is 0.0556. The lowest BCUT2D eigenvalue weighted by atomic mass is 10.1. The van der Waals surface area contributed by atoms with E-state index in [-0.39, 0.29) is 17.5 Å². The van der Waals surface area contributed by atoms with E-state index in [2.05, 4.69) is 15.5 Å². The molecule has 2 aromatic carbocycles. The van der Waals surface area contributed by atoms with Gasteiger partial charge in [-0.3, -0.25) is 4.79 Å². The van der Waals surface area contributed by atoms with Crippen molar-refractivity contribution in [2.24, 2.45) is 0 Å². The van der Waals surface area contributed by atoms with Crippen LogP contribution in [0.5, 0.6) is 0 Å². The molecule has 156 valence electrons. The van der Waals surface area contributed by atoms with Crippen LogP contribution < -0.4 is 4.90 Å². The molecule has 1 fully saturated rings. The molecule has 0 saturated carbocycles. The van der Waals surface area contributed by atoms with Gasteiger partial charge < -0.3 is 9.80 Å². The molecule has 0 radical (unpaired) electrons. The number of hydrogen-bond donors (Lipinski definition) is 0. The molecule has 3 aromatic rings. The Bertz CT molecular complexity index is 1050. The number of rotatable bonds is 5. The van der Waals surface area contributed by atoms with Crippen molar-refractivity contribution >= 4 is 23.4 Å². The first-order valence-electron chi connectivity index (χ1n) is 9.79. The summed E-state index contributed by atoms with van der Waals surface area (Å²) in [4.78, 5) is 16.5. The fourth-order valence-electron chi connectivity index (χ4n) is 3.51. The Labute approximate surface area is 178 Å². The molecule has 30 heavy (non-hydrogen) atoms. The van der Waals surface area contributed by atoms with Gasteiger partial charge in [-0.1, -0.05) is 36.0 Å². The number of carbonyl (C=O) groups excluding carboxylic acids is 1. The Morgan fingerprint density at radius 2 is 1.77 bits per heavy atom. The number of anilines is 1. The van der Waals surface area contributed by atoms with Crippen molar-refractivity contribution in [3.63, 3.8) is 0 Å². The van der Waals surface area contributed by atoms with E-state index in [1.54, 1.807) is 16.8 Å². The number of aromatic nitrogens is 4. The van der Waals surface area contributed by atoms with Crippen LogP contribution in [0, 0.1) is 19.7 Å². The molecule has 0 spiro atoms. The number of benzene rings is 2. The maximum Gasteiger partial charge on any atom is 0.233 e. The summed E-state index contributed by atoms with van der Waals surface area (Å²) < 4.78 is 15.7. The van der Waals surface area contributed by atoms with Gasteiger partial charge in [-0.15, -0.1) is 5.10 Å². The standard InChI is InChI=1S/C21H23FN6OS/c1-15-6-5-9-18(16(15)2)28-21(23-24-25-28)30-14-20(29)27-12-10-26(11-13-27)19-8-4-3-7-17(19)22/h3-9H,10-14H2,1-2H3. The van der Waals surface area contributed by atoms with Crippen molar-refractivity contribution in [3.8, 4) is 5.69 Å². The molecule has 0 unspecified atom stereocenters. The lowest BCUT2D eigenvalue weighted by molar-refractivity contribution is -0.128. The van der Waals surface area contributed by atoms with E-state index in [0.717, 1.165) is 16.8 Å². The summed E-state index contributed by atoms with van der Waals surface area (Å²) in [5.41, 5.74) is 3.75. The summed E-state index contributed by atoms with van der Waals surface area (Å²) >= 11 is 1.33. The largest absolute Gasteiger partial charge is 0.366 e. The molecule has 0 aliphatic carbocycles. The van der Waals surface area contributed by atoms with Gasteiger partial charge in [0, 0.05) is 26.2 Å². The highest BCUT2D eigenvalue weighted by atomic mass is 32.2. The molecule has 1 amide bonds. The number of carbonyl (C=O) groups is 1. The number of halogens is 1. The number of piperazine rings is 1. The van der Waals surface area contributed by atoms with Gasteiger partial charge in [0.25, 0.3) is 0 Å².